The van der Waals surface area contributed by atoms with Crippen LogP contribution in [-0.2, 0) is 4.79 Å². The van der Waals surface area contributed by atoms with Gasteiger partial charge >= 0.3 is 0 Å². The largest absolute Gasteiger partial charge is 0.354 e. The second-order valence-electron chi connectivity index (χ2n) is 4.63. The minimum atomic E-state index is 0.0364. The molecule has 0 saturated carbocycles. The van der Waals surface area contributed by atoms with Gasteiger partial charge in [0.15, 0.2) is 0 Å². The van der Waals surface area contributed by atoms with Crippen molar-refractivity contribution in [3.63, 3.8) is 0 Å². The minimum absolute atomic E-state index is 0.0364. The molecule has 1 amide bonds. The number of aryl methyl sites for hydroxylation is 2. The zero-order valence-corrected chi connectivity index (χ0v) is 14.2. The van der Waals surface area contributed by atoms with Crippen LogP contribution in [0.3, 0.4) is 0 Å². The van der Waals surface area contributed by atoms with Crippen molar-refractivity contribution in [1.29, 1.82) is 0 Å². The molecule has 0 aliphatic rings. The summed E-state index contributed by atoms with van der Waals surface area (Å²) < 4.78 is 0. The lowest BCUT2D eigenvalue weighted by Crippen LogP contribution is -2.32. The summed E-state index contributed by atoms with van der Waals surface area (Å²) in [6.45, 7) is 8.58. The number of aromatic nitrogens is 2. The van der Waals surface area contributed by atoms with Gasteiger partial charge in [0.05, 0.1) is 5.75 Å². The first-order chi connectivity index (χ1) is 10.1. The first-order valence-electron chi connectivity index (χ1n) is 6.94. The van der Waals surface area contributed by atoms with Crippen molar-refractivity contribution in [3.8, 4) is 0 Å². The molecular weight excluding hydrogens is 304 g/mol. The van der Waals surface area contributed by atoms with Crippen LogP contribution >= 0.6 is 23.1 Å². The van der Waals surface area contributed by atoms with E-state index in [1.807, 2.05) is 6.92 Å². The Kier molecular flexibility index (Phi) is 5.96. The van der Waals surface area contributed by atoms with Crippen molar-refractivity contribution >= 4 is 39.2 Å². The molecule has 2 aromatic heterocycles. The van der Waals surface area contributed by atoms with E-state index in [-0.39, 0.29) is 5.91 Å². The van der Waals surface area contributed by atoms with Crippen LogP contribution in [0.25, 0.3) is 10.2 Å². The number of carbonyl (C=O) groups excluding carboxylic acids is 1. The second kappa shape index (κ2) is 7.72. The molecule has 114 valence electrons. The maximum absolute atomic E-state index is 11.8. The predicted octanol–water partition coefficient (Wildman–Crippen LogP) is 2.13. The number of amides is 1. The maximum atomic E-state index is 11.8. The van der Waals surface area contributed by atoms with Gasteiger partial charge in [-0.3, -0.25) is 4.79 Å². The smallest absolute Gasteiger partial charge is 0.230 e. The molecule has 0 aliphatic heterocycles. The molecule has 0 atom stereocenters. The van der Waals surface area contributed by atoms with Gasteiger partial charge in [-0.05, 0) is 26.0 Å². The summed E-state index contributed by atoms with van der Waals surface area (Å²) in [7, 11) is 0. The lowest BCUT2D eigenvalue weighted by Gasteiger charge is -2.06. The first kappa shape index (κ1) is 16.2. The summed E-state index contributed by atoms with van der Waals surface area (Å²) in [6.07, 6.45) is 1.57. The summed E-state index contributed by atoms with van der Waals surface area (Å²) in [5.74, 6) is 0.418. The lowest BCUT2D eigenvalue weighted by molar-refractivity contribution is -0.118. The van der Waals surface area contributed by atoms with E-state index in [0.29, 0.717) is 12.3 Å². The Hall–Kier alpha value is -1.18. The van der Waals surface area contributed by atoms with E-state index >= 15 is 0 Å². The van der Waals surface area contributed by atoms with Gasteiger partial charge in [0.25, 0.3) is 0 Å². The van der Waals surface area contributed by atoms with Gasteiger partial charge < -0.3 is 10.6 Å². The van der Waals surface area contributed by atoms with Crippen molar-refractivity contribution < 1.29 is 4.79 Å². The van der Waals surface area contributed by atoms with Crippen LogP contribution in [0, 0.1) is 13.8 Å². The lowest BCUT2D eigenvalue weighted by atomic mass is 10.2. The highest BCUT2D eigenvalue weighted by Gasteiger charge is 2.13. The summed E-state index contributed by atoms with van der Waals surface area (Å²) in [4.78, 5) is 22.7. The van der Waals surface area contributed by atoms with E-state index in [9.17, 15) is 4.79 Å². The van der Waals surface area contributed by atoms with E-state index in [2.05, 4.69) is 34.4 Å². The third-order valence-electron chi connectivity index (χ3n) is 3.14. The molecule has 0 aromatic carbocycles. The third kappa shape index (κ3) is 4.15. The number of likely N-dealkylation sites (N-methyl/N-ethyl adjacent to an activating group) is 1. The van der Waals surface area contributed by atoms with Gasteiger partial charge in [-0.1, -0.05) is 18.7 Å². The fourth-order valence-electron chi connectivity index (χ4n) is 1.91. The van der Waals surface area contributed by atoms with Crippen LogP contribution in [0.1, 0.15) is 17.4 Å². The summed E-state index contributed by atoms with van der Waals surface area (Å²) in [5.41, 5.74) is 1.21. The highest BCUT2D eigenvalue weighted by molar-refractivity contribution is 8.00. The minimum Gasteiger partial charge on any atom is -0.354 e. The number of nitrogens with one attached hydrogen (secondary N) is 2. The number of nitrogens with zero attached hydrogens (tertiary/aromatic N) is 2. The van der Waals surface area contributed by atoms with E-state index in [1.54, 1.807) is 17.7 Å². The molecule has 0 unspecified atom stereocenters. The Labute approximate surface area is 132 Å². The van der Waals surface area contributed by atoms with Crippen molar-refractivity contribution in [1.82, 2.24) is 20.6 Å². The fourth-order valence-corrected chi connectivity index (χ4v) is 3.86. The number of hydrogen-bond donors (Lipinski definition) is 2. The predicted molar refractivity (Wildman–Crippen MR) is 89.2 cm³/mol. The molecule has 0 aliphatic carbocycles. The molecule has 2 heterocycles. The molecule has 0 fully saturated rings. The van der Waals surface area contributed by atoms with Crippen molar-refractivity contribution in [2.24, 2.45) is 0 Å². The van der Waals surface area contributed by atoms with E-state index in [0.717, 1.165) is 28.3 Å². The molecule has 5 nitrogen and oxygen atoms in total. The zero-order valence-electron chi connectivity index (χ0n) is 12.5. The van der Waals surface area contributed by atoms with E-state index in [4.69, 9.17) is 0 Å². The molecule has 2 aromatic rings. The summed E-state index contributed by atoms with van der Waals surface area (Å²) in [5, 5.41) is 8.04. The van der Waals surface area contributed by atoms with Gasteiger partial charge in [0.2, 0.25) is 5.91 Å². The molecular formula is C14H20N4OS2. The zero-order chi connectivity index (χ0) is 15.2. The van der Waals surface area contributed by atoms with Crippen molar-refractivity contribution in [2.75, 3.05) is 25.4 Å². The summed E-state index contributed by atoms with van der Waals surface area (Å²) in [6, 6.07) is 0. The molecule has 7 heteroatoms. The SMILES string of the molecule is CCNCCNC(=O)CSc1ncnc2sc(C)c(C)c12. The van der Waals surface area contributed by atoms with Crippen molar-refractivity contribution in [2.45, 2.75) is 25.8 Å². The highest BCUT2D eigenvalue weighted by atomic mass is 32.2. The van der Waals surface area contributed by atoms with Crippen LogP contribution in [0.5, 0.6) is 0 Å². The second-order valence-corrected chi connectivity index (χ2v) is 6.80. The van der Waals surface area contributed by atoms with Crippen LogP contribution < -0.4 is 10.6 Å². The Morgan fingerprint density at radius 2 is 2.14 bits per heavy atom. The molecule has 2 N–H and O–H groups in total. The van der Waals surface area contributed by atoms with Gasteiger partial charge in [-0.2, -0.15) is 0 Å². The quantitative estimate of drug-likeness (QED) is 0.464. The normalized spacial score (nSPS) is 11.0. The first-order valence-corrected chi connectivity index (χ1v) is 8.74. The monoisotopic (exact) mass is 324 g/mol. The third-order valence-corrected chi connectivity index (χ3v) is 5.25. The topological polar surface area (TPSA) is 66.9 Å². The molecule has 0 radical (unpaired) electrons. The molecule has 2 rings (SSSR count). The number of carbonyl (C=O) groups is 1. The van der Waals surface area contributed by atoms with Gasteiger partial charge in [0, 0.05) is 23.4 Å². The van der Waals surface area contributed by atoms with Crippen LogP contribution in [0.2, 0.25) is 0 Å². The van der Waals surface area contributed by atoms with Crippen LogP contribution in [-0.4, -0.2) is 41.3 Å². The highest BCUT2D eigenvalue weighted by Crippen LogP contribution is 2.34. The average Bonchev–Trinajstić information content (AvgIpc) is 2.77. The Morgan fingerprint density at radius 3 is 2.90 bits per heavy atom. The average molecular weight is 324 g/mol. The number of thiophene rings is 1. The Balaban J connectivity index is 1.96. The molecule has 0 bridgehead atoms. The van der Waals surface area contributed by atoms with Gasteiger partial charge in [-0.25, -0.2) is 9.97 Å². The number of rotatable bonds is 7. The number of hydrogen-bond acceptors (Lipinski definition) is 6. The fraction of sp³-hybridized carbons (Fsp3) is 0.500. The van der Waals surface area contributed by atoms with Crippen LogP contribution in [0.4, 0.5) is 0 Å². The van der Waals surface area contributed by atoms with Crippen molar-refractivity contribution in [3.05, 3.63) is 16.8 Å². The Bertz CT molecular complexity index is 627. The maximum Gasteiger partial charge on any atom is 0.230 e. The van der Waals surface area contributed by atoms with Crippen LogP contribution in [0.15, 0.2) is 11.4 Å². The number of thioether (sulfide) groups is 1. The standard InChI is InChI=1S/C14H20N4OS2/c1-4-15-5-6-16-11(19)7-20-13-12-9(2)10(3)21-14(12)18-8-17-13/h8,15H,4-7H2,1-3H3,(H,16,19). The molecule has 0 saturated heterocycles. The van der Waals surface area contributed by atoms with E-state index in [1.165, 1.54) is 22.2 Å². The summed E-state index contributed by atoms with van der Waals surface area (Å²) >= 11 is 3.15. The van der Waals surface area contributed by atoms with E-state index < -0.39 is 0 Å². The molecule has 21 heavy (non-hydrogen) atoms. The van der Waals surface area contributed by atoms with Gasteiger partial charge in [-0.15, -0.1) is 11.3 Å². The Morgan fingerprint density at radius 1 is 1.33 bits per heavy atom. The van der Waals surface area contributed by atoms with Gasteiger partial charge in [0.1, 0.15) is 16.2 Å². The number of fused-ring (bicyclic) bond motifs is 1. The molecule has 0 spiro atoms.